The van der Waals surface area contributed by atoms with Crippen LogP contribution in [0, 0.1) is 0 Å². The number of hydrogen-bond acceptors (Lipinski definition) is 3. The van der Waals surface area contributed by atoms with E-state index in [1.54, 1.807) is 20.8 Å². The highest BCUT2D eigenvalue weighted by Crippen LogP contribution is 2.19. The highest BCUT2D eigenvalue weighted by molar-refractivity contribution is 7.93. The molecule has 3 nitrogen and oxygen atoms in total. The number of hydrogen-bond donors (Lipinski definition) is 1. The summed E-state index contributed by atoms with van der Waals surface area (Å²) in [7, 11) is -3.18. The average molecular weight is 180 g/mol. The summed E-state index contributed by atoms with van der Waals surface area (Å²) < 4.78 is 22.1. The molecule has 0 aromatic heterocycles. The Bertz CT molecular complexity index is 210. The lowest BCUT2D eigenvalue weighted by Crippen LogP contribution is -2.37. The summed E-state index contributed by atoms with van der Waals surface area (Å²) in [6.07, 6.45) is 0. The third-order valence-corrected chi connectivity index (χ3v) is 4.56. The van der Waals surface area contributed by atoms with Gasteiger partial charge in [0.2, 0.25) is 0 Å². The van der Waals surface area contributed by atoms with Gasteiger partial charge in [-0.2, -0.15) is 0 Å². The van der Waals surface area contributed by atoms with E-state index in [4.69, 9.17) is 5.11 Å². The molecule has 4 heteroatoms. The van der Waals surface area contributed by atoms with E-state index >= 15 is 0 Å². The van der Waals surface area contributed by atoms with Gasteiger partial charge in [0.1, 0.15) is 0 Å². The third kappa shape index (κ3) is 2.17. The molecule has 68 valence electrons. The number of aliphatic hydroxyl groups is 1. The molecule has 0 unspecified atom stereocenters. The van der Waals surface area contributed by atoms with Crippen LogP contribution < -0.4 is 0 Å². The summed E-state index contributed by atoms with van der Waals surface area (Å²) in [4.78, 5) is 0. The Balaban J connectivity index is 4.77. The molecule has 0 aliphatic carbocycles. The highest BCUT2D eigenvalue weighted by atomic mass is 32.2. The predicted octanol–water partition coefficient (Wildman–Crippen LogP) is 0.581. The van der Waals surface area contributed by atoms with Crippen molar-refractivity contribution in [3.05, 3.63) is 0 Å². The lowest BCUT2D eigenvalue weighted by atomic mass is 10.3. The Hall–Kier alpha value is -0.0900. The molecule has 0 aromatic carbocycles. The molecule has 1 atom stereocenters. The molecule has 0 fully saturated rings. The van der Waals surface area contributed by atoms with Crippen LogP contribution in [0.1, 0.15) is 27.7 Å². The zero-order valence-electron chi connectivity index (χ0n) is 7.46. The SMILES string of the molecule is C[C@@H](CO)S(=O)(=O)C(C)(C)C. The Morgan fingerprint density at radius 1 is 1.36 bits per heavy atom. The second kappa shape index (κ2) is 3.11. The molecule has 0 amide bonds. The molecule has 11 heavy (non-hydrogen) atoms. The molecule has 0 aliphatic heterocycles. The lowest BCUT2D eigenvalue weighted by Gasteiger charge is -2.22. The van der Waals surface area contributed by atoms with Gasteiger partial charge in [-0.05, 0) is 27.7 Å². The first-order valence-electron chi connectivity index (χ1n) is 3.57. The van der Waals surface area contributed by atoms with Crippen molar-refractivity contribution in [1.82, 2.24) is 0 Å². The van der Waals surface area contributed by atoms with Crippen LogP contribution in [0.3, 0.4) is 0 Å². The Morgan fingerprint density at radius 2 is 1.73 bits per heavy atom. The lowest BCUT2D eigenvalue weighted by molar-refractivity contribution is 0.294. The molecule has 1 N–H and O–H groups in total. The van der Waals surface area contributed by atoms with Gasteiger partial charge in [0.15, 0.2) is 9.84 Å². The van der Waals surface area contributed by atoms with Crippen LogP contribution >= 0.6 is 0 Å². The molecule has 0 saturated carbocycles. The molecule has 0 saturated heterocycles. The number of rotatable bonds is 2. The fourth-order valence-corrected chi connectivity index (χ4v) is 2.11. The third-order valence-electron chi connectivity index (χ3n) is 1.64. The first-order chi connectivity index (χ1) is 4.73. The molecule has 0 spiro atoms. The van der Waals surface area contributed by atoms with E-state index in [1.807, 2.05) is 0 Å². The highest BCUT2D eigenvalue weighted by Gasteiger charge is 2.33. The molecule has 0 radical (unpaired) electrons. The van der Waals surface area contributed by atoms with E-state index in [2.05, 4.69) is 0 Å². The summed E-state index contributed by atoms with van der Waals surface area (Å²) in [5.74, 6) is 0. The van der Waals surface area contributed by atoms with Crippen molar-refractivity contribution >= 4 is 9.84 Å². The first-order valence-corrected chi connectivity index (χ1v) is 5.12. The van der Waals surface area contributed by atoms with Crippen molar-refractivity contribution in [2.24, 2.45) is 0 Å². The van der Waals surface area contributed by atoms with Crippen molar-refractivity contribution < 1.29 is 13.5 Å². The second-order valence-corrected chi connectivity index (χ2v) is 6.77. The minimum atomic E-state index is -3.18. The molecule has 0 bridgehead atoms. The van der Waals surface area contributed by atoms with Gasteiger partial charge in [0, 0.05) is 0 Å². The summed E-state index contributed by atoms with van der Waals surface area (Å²) in [5.41, 5.74) is 0. The van der Waals surface area contributed by atoms with Gasteiger partial charge in [0.25, 0.3) is 0 Å². The van der Waals surface area contributed by atoms with Crippen molar-refractivity contribution in [2.45, 2.75) is 37.7 Å². The van der Waals surface area contributed by atoms with Crippen molar-refractivity contribution in [1.29, 1.82) is 0 Å². The zero-order chi connectivity index (χ0) is 9.28. The Kier molecular flexibility index (Phi) is 3.08. The van der Waals surface area contributed by atoms with Gasteiger partial charge in [-0.1, -0.05) is 0 Å². The van der Waals surface area contributed by atoms with E-state index < -0.39 is 19.8 Å². The van der Waals surface area contributed by atoms with Crippen LogP contribution in [0.5, 0.6) is 0 Å². The Labute approximate surface area is 68.3 Å². The van der Waals surface area contributed by atoms with Gasteiger partial charge in [-0.25, -0.2) is 8.42 Å². The van der Waals surface area contributed by atoms with Crippen LogP contribution in [0.25, 0.3) is 0 Å². The molecule has 0 rings (SSSR count). The van der Waals surface area contributed by atoms with E-state index in [1.165, 1.54) is 6.92 Å². The van der Waals surface area contributed by atoms with E-state index in [-0.39, 0.29) is 6.61 Å². The fraction of sp³-hybridized carbons (Fsp3) is 1.00. The van der Waals surface area contributed by atoms with Crippen LogP contribution in [-0.4, -0.2) is 30.1 Å². The van der Waals surface area contributed by atoms with Crippen molar-refractivity contribution in [3.8, 4) is 0 Å². The van der Waals surface area contributed by atoms with E-state index in [0.717, 1.165) is 0 Å². The second-order valence-electron chi connectivity index (χ2n) is 3.65. The maximum absolute atomic E-state index is 11.4. The van der Waals surface area contributed by atoms with Gasteiger partial charge < -0.3 is 5.11 Å². The minimum Gasteiger partial charge on any atom is -0.395 e. The summed E-state index contributed by atoms with van der Waals surface area (Å²) in [5, 5.41) is 7.99. The molecular weight excluding hydrogens is 164 g/mol. The minimum absolute atomic E-state index is 0.306. The normalized spacial score (nSPS) is 16.5. The maximum atomic E-state index is 11.4. The molecule has 0 heterocycles. The van der Waals surface area contributed by atoms with Gasteiger partial charge in [-0.15, -0.1) is 0 Å². The van der Waals surface area contributed by atoms with Gasteiger partial charge in [0.05, 0.1) is 16.6 Å². The van der Waals surface area contributed by atoms with Crippen LogP contribution in [0.4, 0.5) is 0 Å². The van der Waals surface area contributed by atoms with Crippen molar-refractivity contribution in [3.63, 3.8) is 0 Å². The van der Waals surface area contributed by atoms with Crippen LogP contribution in [-0.2, 0) is 9.84 Å². The fourth-order valence-electron chi connectivity index (χ4n) is 0.702. The molecule has 0 aliphatic rings. The van der Waals surface area contributed by atoms with Crippen LogP contribution in [0.15, 0.2) is 0 Å². The van der Waals surface area contributed by atoms with Crippen molar-refractivity contribution in [2.75, 3.05) is 6.61 Å². The standard InChI is InChI=1S/C7H16O3S/c1-6(5-8)11(9,10)7(2,3)4/h6,8H,5H2,1-4H3/t6-/m0/s1. The Morgan fingerprint density at radius 3 is 1.82 bits per heavy atom. The number of aliphatic hydroxyl groups excluding tert-OH is 1. The summed E-state index contributed by atoms with van der Waals surface area (Å²) in [6.45, 7) is 6.11. The van der Waals surface area contributed by atoms with Gasteiger partial charge in [-0.3, -0.25) is 0 Å². The average Bonchev–Trinajstić information content (AvgIpc) is 1.83. The molecular formula is C7H16O3S. The van der Waals surface area contributed by atoms with E-state index in [9.17, 15) is 8.42 Å². The quantitative estimate of drug-likeness (QED) is 0.676. The van der Waals surface area contributed by atoms with E-state index in [0.29, 0.717) is 0 Å². The van der Waals surface area contributed by atoms with Gasteiger partial charge >= 0.3 is 0 Å². The predicted molar refractivity (Wildman–Crippen MR) is 45.2 cm³/mol. The summed E-state index contributed by atoms with van der Waals surface area (Å²) >= 11 is 0. The van der Waals surface area contributed by atoms with Crippen LogP contribution in [0.2, 0.25) is 0 Å². The molecule has 0 aromatic rings. The zero-order valence-corrected chi connectivity index (χ0v) is 8.27. The smallest absolute Gasteiger partial charge is 0.160 e. The number of sulfone groups is 1. The first kappa shape index (κ1) is 10.9. The topological polar surface area (TPSA) is 54.4 Å². The largest absolute Gasteiger partial charge is 0.395 e. The maximum Gasteiger partial charge on any atom is 0.160 e. The monoisotopic (exact) mass is 180 g/mol. The summed E-state index contributed by atoms with van der Waals surface area (Å²) in [6, 6.07) is 0.